The predicted octanol–water partition coefficient (Wildman–Crippen LogP) is 4.72. The van der Waals surface area contributed by atoms with Gasteiger partial charge in [0.05, 0.1) is 23.3 Å². The molecule has 1 unspecified atom stereocenters. The number of ketones is 1. The third-order valence-electron chi connectivity index (χ3n) is 5.47. The minimum absolute atomic E-state index is 0.0253. The van der Waals surface area contributed by atoms with E-state index < -0.39 is 35.3 Å². The minimum atomic E-state index is -1.07. The molecule has 1 aliphatic rings. The van der Waals surface area contributed by atoms with Crippen LogP contribution >= 0.6 is 0 Å². The largest absolute Gasteiger partial charge is 0.508 e. The standard InChI is InChI=1S/C27H22FNO6/c1-15(2)35-27(34)18-4-3-5-20(14-18)29-23(16-8-12-21(30)13-9-16)22(25(32)26(29)33)24(31)17-6-10-19(28)11-7-17/h3-15,23,30-31H,1-2H3/b24-22+. The number of carbonyl (C=O) groups excluding carboxylic acids is 3. The fourth-order valence-electron chi connectivity index (χ4n) is 3.90. The molecule has 0 saturated carbocycles. The van der Waals surface area contributed by atoms with E-state index in [0.717, 1.165) is 12.1 Å². The van der Waals surface area contributed by atoms with E-state index in [1.54, 1.807) is 26.0 Å². The molecule has 1 fully saturated rings. The maximum atomic E-state index is 13.4. The molecule has 178 valence electrons. The first-order valence-corrected chi connectivity index (χ1v) is 10.8. The number of halogens is 1. The highest BCUT2D eigenvalue weighted by molar-refractivity contribution is 6.51. The van der Waals surface area contributed by atoms with Gasteiger partial charge in [-0.2, -0.15) is 0 Å². The highest BCUT2D eigenvalue weighted by atomic mass is 19.1. The molecule has 8 heteroatoms. The summed E-state index contributed by atoms with van der Waals surface area (Å²) >= 11 is 0. The molecule has 3 aromatic rings. The van der Waals surface area contributed by atoms with E-state index in [1.165, 1.54) is 53.4 Å². The number of ether oxygens (including phenoxy) is 1. The average Bonchev–Trinajstić information content (AvgIpc) is 3.09. The fraction of sp³-hybridized carbons (Fsp3) is 0.148. The molecule has 0 aromatic heterocycles. The van der Waals surface area contributed by atoms with Gasteiger partial charge in [0.15, 0.2) is 0 Å². The van der Waals surface area contributed by atoms with E-state index in [4.69, 9.17) is 4.74 Å². The van der Waals surface area contributed by atoms with Crippen LogP contribution in [0.4, 0.5) is 10.1 Å². The first kappa shape index (κ1) is 23.7. The summed E-state index contributed by atoms with van der Waals surface area (Å²) in [4.78, 5) is 40.0. The van der Waals surface area contributed by atoms with Gasteiger partial charge in [-0.3, -0.25) is 14.5 Å². The molecule has 1 heterocycles. The van der Waals surface area contributed by atoms with Gasteiger partial charge in [0.25, 0.3) is 11.7 Å². The summed E-state index contributed by atoms with van der Waals surface area (Å²) in [5, 5.41) is 20.8. The van der Waals surface area contributed by atoms with Crippen molar-refractivity contribution in [1.29, 1.82) is 0 Å². The van der Waals surface area contributed by atoms with Crippen LogP contribution in [-0.4, -0.2) is 34.0 Å². The molecule has 7 nitrogen and oxygen atoms in total. The van der Waals surface area contributed by atoms with Gasteiger partial charge in [-0.05, 0) is 74.0 Å². The highest BCUT2D eigenvalue weighted by Gasteiger charge is 2.47. The van der Waals surface area contributed by atoms with Gasteiger partial charge >= 0.3 is 5.97 Å². The number of carbonyl (C=O) groups is 3. The van der Waals surface area contributed by atoms with E-state index in [9.17, 15) is 29.0 Å². The number of hydrogen-bond acceptors (Lipinski definition) is 6. The Kier molecular flexibility index (Phi) is 6.38. The lowest BCUT2D eigenvalue weighted by Crippen LogP contribution is -2.29. The van der Waals surface area contributed by atoms with Crippen LogP contribution in [0.25, 0.3) is 5.76 Å². The summed E-state index contributed by atoms with van der Waals surface area (Å²) in [6.07, 6.45) is -0.354. The van der Waals surface area contributed by atoms with E-state index in [1.807, 2.05) is 0 Å². The Morgan fingerprint density at radius 1 is 0.971 bits per heavy atom. The Balaban J connectivity index is 1.88. The number of aliphatic hydroxyl groups is 1. The zero-order valence-electron chi connectivity index (χ0n) is 18.9. The molecule has 35 heavy (non-hydrogen) atoms. The number of esters is 1. The Hall–Kier alpha value is -4.46. The van der Waals surface area contributed by atoms with Crippen LogP contribution in [0.3, 0.4) is 0 Å². The van der Waals surface area contributed by atoms with Gasteiger partial charge in [-0.1, -0.05) is 18.2 Å². The van der Waals surface area contributed by atoms with Crippen LogP contribution in [0.2, 0.25) is 0 Å². The summed E-state index contributed by atoms with van der Waals surface area (Å²) in [7, 11) is 0. The maximum Gasteiger partial charge on any atom is 0.338 e. The Morgan fingerprint density at radius 2 is 1.63 bits per heavy atom. The van der Waals surface area contributed by atoms with Crippen molar-refractivity contribution in [2.45, 2.75) is 26.0 Å². The van der Waals surface area contributed by atoms with Gasteiger partial charge in [-0.15, -0.1) is 0 Å². The number of rotatable bonds is 5. The second-order valence-corrected chi connectivity index (χ2v) is 8.27. The number of anilines is 1. The van der Waals surface area contributed by atoms with Crippen molar-refractivity contribution in [3.05, 3.63) is 101 Å². The van der Waals surface area contributed by atoms with Gasteiger partial charge in [-0.25, -0.2) is 9.18 Å². The number of aromatic hydroxyl groups is 1. The lowest BCUT2D eigenvalue weighted by atomic mass is 9.95. The molecule has 1 saturated heterocycles. The second-order valence-electron chi connectivity index (χ2n) is 8.27. The SMILES string of the molecule is CC(C)OC(=O)c1cccc(N2C(=O)C(=O)/C(=C(/O)c3ccc(F)cc3)C2c2ccc(O)cc2)c1. The zero-order chi connectivity index (χ0) is 25.3. The van der Waals surface area contributed by atoms with Gasteiger partial charge < -0.3 is 14.9 Å². The molecular formula is C27H22FNO6. The van der Waals surface area contributed by atoms with Crippen molar-refractivity contribution >= 4 is 29.1 Å². The second kappa shape index (κ2) is 9.42. The van der Waals surface area contributed by atoms with Crippen molar-refractivity contribution in [3.63, 3.8) is 0 Å². The maximum absolute atomic E-state index is 13.4. The molecule has 1 atom stereocenters. The summed E-state index contributed by atoms with van der Waals surface area (Å²) in [6.45, 7) is 3.42. The van der Waals surface area contributed by atoms with Gasteiger partial charge in [0.2, 0.25) is 0 Å². The first-order valence-electron chi connectivity index (χ1n) is 10.8. The van der Waals surface area contributed by atoms with Gasteiger partial charge in [0.1, 0.15) is 17.3 Å². The number of Topliss-reactive ketones (excluding diaryl/α,β-unsaturated/α-hetero) is 1. The first-order chi connectivity index (χ1) is 16.7. The van der Waals surface area contributed by atoms with Crippen molar-refractivity contribution in [1.82, 2.24) is 0 Å². The summed E-state index contributed by atoms with van der Waals surface area (Å²) < 4.78 is 18.7. The number of aliphatic hydroxyl groups excluding tert-OH is 1. The van der Waals surface area contributed by atoms with Crippen LogP contribution < -0.4 is 4.90 Å². The lowest BCUT2D eigenvalue weighted by Gasteiger charge is -2.26. The molecule has 0 bridgehead atoms. The van der Waals surface area contributed by atoms with E-state index in [2.05, 4.69) is 0 Å². The molecule has 1 amide bonds. The number of phenolic OH excluding ortho intramolecular Hbond substituents is 1. The quantitative estimate of drug-likeness (QED) is 0.239. The molecule has 1 aliphatic heterocycles. The predicted molar refractivity (Wildman–Crippen MR) is 126 cm³/mol. The third-order valence-corrected chi connectivity index (χ3v) is 5.47. The summed E-state index contributed by atoms with van der Waals surface area (Å²) in [6, 6.07) is 15.7. The normalized spacial score (nSPS) is 17.1. The molecule has 2 N–H and O–H groups in total. The molecule has 3 aromatic carbocycles. The number of hydrogen-bond donors (Lipinski definition) is 2. The number of amides is 1. The highest BCUT2D eigenvalue weighted by Crippen LogP contribution is 2.42. The Bertz CT molecular complexity index is 1330. The summed E-state index contributed by atoms with van der Waals surface area (Å²) in [5.74, 6) is -3.48. The Morgan fingerprint density at radius 3 is 2.26 bits per heavy atom. The van der Waals surface area contributed by atoms with Crippen LogP contribution in [0.15, 0.2) is 78.4 Å². The number of phenols is 1. The van der Waals surface area contributed by atoms with Gasteiger partial charge in [0, 0.05) is 11.3 Å². The number of benzene rings is 3. The Labute approximate surface area is 200 Å². The number of nitrogens with zero attached hydrogens (tertiary/aromatic N) is 1. The van der Waals surface area contributed by atoms with Crippen LogP contribution in [0.5, 0.6) is 5.75 Å². The minimum Gasteiger partial charge on any atom is -0.508 e. The molecule has 0 radical (unpaired) electrons. The van der Waals surface area contributed by atoms with Crippen molar-refractivity contribution in [2.75, 3.05) is 4.90 Å². The molecular weight excluding hydrogens is 453 g/mol. The summed E-state index contributed by atoms with van der Waals surface area (Å²) in [5.41, 5.74) is 0.799. The van der Waals surface area contributed by atoms with Crippen molar-refractivity contribution in [2.24, 2.45) is 0 Å². The third kappa shape index (κ3) is 4.63. The van der Waals surface area contributed by atoms with E-state index >= 15 is 0 Å². The monoisotopic (exact) mass is 475 g/mol. The van der Waals surface area contributed by atoms with E-state index in [-0.39, 0.29) is 34.2 Å². The lowest BCUT2D eigenvalue weighted by molar-refractivity contribution is -0.132. The van der Waals surface area contributed by atoms with E-state index in [0.29, 0.717) is 5.56 Å². The molecule has 0 aliphatic carbocycles. The van der Waals surface area contributed by atoms with Crippen LogP contribution in [0.1, 0.15) is 41.4 Å². The van der Waals surface area contributed by atoms with Crippen molar-refractivity contribution in [3.8, 4) is 5.75 Å². The van der Waals surface area contributed by atoms with Crippen LogP contribution in [0, 0.1) is 5.82 Å². The average molecular weight is 475 g/mol. The smallest absolute Gasteiger partial charge is 0.338 e. The molecule has 0 spiro atoms. The fourth-order valence-corrected chi connectivity index (χ4v) is 3.90. The topological polar surface area (TPSA) is 104 Å². The zero-order valence-corrected chi connectivity index (χ0v) is 18.9. The van der Waals surface area contributed by atoms with Crippen LogP contribution in [-0.2, 0) is 14.3 Å². The van der Waals surface area contributed by atoms with Crippen molar-refractivity contribution < 1.29 is 33.7 Å². The molecule has 4 rings (SSSR count).